The van der Waals surface area contributed by atoms with Gasteiger partial charge in [0.15, 0.2) is 0 Å². The minimum atomic E-state index is -0.232. The molecule has 1 saturated heterocycles. The van der Waals surface area contributed by atoms with Gasteiger partial charge in [-0.15, -0.1) is 0 Å². The summed E-state index contributed by atoms with van der Waals surface area (Å²) in [5, 5.41) is 8.47. The Balaban J connectivity index is 1.69. The predicted molar refractivity (Wildman–Crippen MR) is 98.8 cm³/mol. The largest absolute Gasteiger partial charge is 0.379 e. The van der Waals surface area contributed by atoms with Crippen LogP contribution < -0.4 is 16.0 Å². The molecule has 1 aliphatic rings. The van der Waals surface area contributed by atoms with E-state index in [0.29, 0.717) is 24.6 Å². The Hall–Kier alpha value is -2.12. The third kappa shape index (κ3) is 7.53. The maximum atomic E-state index is 11.9. The maximum absolute atomic E-state index is 11.9. The molecular formula is C18H28N4O3. The van der Waals surface area contributed by atoms with E-state index in [-0.39, 0.29) is 11.9 Å². The van der Waals surface area contributed by atoms with Crippen molar-refractivity contribution in [2.75, 3.05) is 50.0 Å². The van der Waals surface area contributed by atoms with Gasteiger partial charge in [-0.1, -0.05) is 13.8 Å². The lowest BCUT2D eigenvalue weighted by Gasteiger charge is -2.26. The molecule has 0 unspecified atom stereocenters. The molecule has 1 fully saturated rings. The summed E-state index contributed by atoms with van der Waals surface area (Å²) in [6, 6.07) is 6.87. The van der Waals surface area contributed by atoms with Gasteiger partial charge >= 0.3 is 6.03 Å². The Kier molecular flexibility index (Phi) is 7.69. The van der Waals surface area contributed by atoms with Crippen LogP contribution in [0.2, 0.25) is 0 Å². The topological polar surface area (TPSA) is 82.7 Å². The van der Waals surface area contributed by atoms with Crippen LogP contribution in [0.4, 0.5) is 16.2 Å². The number of rotatable bonds is 7. The number of morpholine rings is 1. The number of anilines is 2. The Labute approximate surface area is 149 Å². The lowest BCUT2D eigenvalue weighted by atomic mass is 10.1. The van der Waals surface area contributed by atoms with E-state index in [2.05, 4.69) is 20.9 Å². The third-order valence-electron chi connectivity index (χ3n) is 3.84. The smallest absolute Gasteiger partial charge is 0.319 e. The fraction of sp³-hybridized carbons (Fsp3) is 0.556. The highest BCUT2D eigenvalue weighted by Crippen LogP contribution is 2.14. The fourth-order valence-corrected chi connectivity index (χ4v) is 2.55. The predicted octanol–water partition coefficient (Wildman–Crippen LogP) is 2.12. The molecule has 3 N–H and O–H groups in total. The second-order valence-corrected chi connectivity index (χ2v) is 6.56. The van der Waals surface area contributed by atoms with Gasteiger partial charge in [0.2, 0.25) is 5.91 Å². The molecule has 1 aromatic rings. The second-order valence-electron chi connectivity index (χ2n) is 6.56. The normalized spacial score (nSPS) is 15.0. The van der Waals surface area contributed by atoms with Crippen molar-refractivity contribution in [2.24, 2.45) is 5.92 Å². The van der Waals surface area contributed by atoms with E-state index in [1.165, 1.54) is 0 Å². The van der Waals surface area contributed by atoms with Crippen LogP contribution in [0.15, 0.2) is 24.3 Å². The summed E-state index contributed by atoms with van der Waals surface area (Å²) in [5.74, 6) is 0.318. The van der Waals surface area contributed by atoms with Crippen LogP contribution in [0.1, 0.15) is 20.3 Å². The zero-order valence-corrected chi connectivity index (χ0v) is 15.0. The van der Waals surface area contributed by atoms with Crippen molar-refractivity contribution in [3.63, 3.8) is 0 Å². The molecular weight excluding hydrogens is 320 g/mol. The second kappa shape index (κ2) is 10.0. The van der Waals surface area contributed by atoms with Crippen molar-refractivity contribution < 1.29 is 14.3 Å². The van der Waals surface area contributed by atoms with Gasteiger partial charge < -0.3 is 20.7 Å². The van der Waals surface area contributed by atoms with Crippen molar-refractivity contribution in [3.05, 3.63) is 24.3 Å². The SMILES string of the molecule is CC(C)CC(=O)Nc1ccc(NC(=O)NCCN2CCOCC2)cc1. The molecule has 138 valence electrons. The van der Waals surface area contributed by atoms with E-state index in [9.17, 15) is 9.59 Å². The summed E-state index contributed by atoms with van der Waals surface area (Å²) in [4.78, 5) is 25.9. The molecule has 0 saturated carbocycles. The van der Waals surface area contributed by atoms with Crippen molar-refractivity contribution in [3.8, 4) is 0 Å². The third-order valence-corrected chi connectivity index (χ3v) is 3.84. The summed E-state index contributed by atoms with van der Waals surface area (Å²) in [6.45, 7) is 8.75. The zero-order chi connectivity index (χ0) is 18.1. The monoisotopic (exact) mass is 348 g/mol. The minimum Gasteiger partial charge on any atom is -0.379 e. The molecule has 7 heteroatoms. The quantitative estimate of drug-likeness (QED) is 0.705. The summed E-state index contributed by atoms with van der Waals surface area (Å²) >= 11 is 0. The van der Waals surface area contributed by atoms with Crippen LogP contribution in [-0.4, -0.2) is 56.2 Å². The number of hydrogen-bond donors (Lipinski definition) is 3. The van der Waals surface area contributed by atoms with Gasteiger partial charge in [-0.3, -0.25) is 9.69 Å². The van der Waals surface area contributed by atoms with Gasteiger partial charge in [0.05, 0.1) is 13.2 Å². The number of benzene rings is 1. The van der Waals surface area contributed by atoms with Crippen LogP contribution in [0.3, 0.4) is 0 Å². The standard InChI is InChI=1S/C18H28N4O3/c1-14(2)13-17(23)20-15-3-5-16(6-4-15)21-18(24)19-7-8-22-9-11-25-12-10-22/h3-6,14H,7-13H2,1-2H3,(H,20,23)(H2,19,21,24). The number of nitrogens with zero attached hydrogens (tertiary/aromatic N) is 1. The Bertz CT molecular complexity index is 554. The Morgan fingerprint density at radius 1 is 1.08 bits per heavy atom. The fourth-order valence-electron chi connectivity index (χ4n) is 2.55. The zero-order valence-electron chi connectivity index (χ0n) is 15.0. The average molecular weight is 348 g/mol. The summed E-state index contributed by atoms with van der Waals surface area (Å²) < 4.78 is 5.29. The van der Waals surface area contributed by atoms with Crippen LogP contribution in [0, 0.1) is 5.92 Å². The Morgan fingerprint density at radius 2 is 1.68 bits per heavy atom. The van der Waals surface area contributed by atoms with Gasteiger partial charge in [0.25, 0.3) is 0 Å². The molecule has 2 rings (SSSR count). The first-order valence-corrected chi connectivity index (χ1v) is 8.78. The summed E-state index contributed by atoms with van der Waals surface area (Å²) in [6.07, 6.45) is 0.492. The number of ether oxygens (including phenoxy) is 1. The van der Waals surface area contributed by atoms with Gasteiger partial charge in [-0.25, -0.2) is 4.79 Å². The highest BCUT2D eigenvalue weighted by molar-refractivity contribution is 5.92. The highest BCUT2D eigenvalue weighted by atomic mass is 16.5. The molecule has 7 nitrogen and oxygen atoms in total. The molecule has 25 heavy (non-hydrogen) atoms. The number of hydrogen-bond acceptors (Lipinski definition) is 4. The van der Waals surface area contributed by atoms with Crippen LogP contribution in [-0.2, 0) is 9.53 Å². The molecule has 0 spiro atoms. The van der Waals surface area contributed by atoms with E-state index < -0.39 is 0 Å². The van der Waals surface area contributed by atoms with Gasteiger partial charge in [-0.2, -0.15) is 0 Å². The van der Waals surface area contributed by atoms with E-state index >= 15 is 0 Å². The molecule has 0 atom stereocenters. The first-order chi connectivity index (χ1) is 12.0. The lowest BCUT2D eigenvalue weighted by Crippen LogP contribution is -2.42. The van der Waals surface area contributed by atoms with Crippen molar-refractivity contribution in [1.82, 2.24) is 10.2 Å². The Morgan fingerprint density at radius 3 is 2.28 bits per heavy atom. The first-order valence-electron chi connectivity index (χ1n) is 8.78. The molecule has 3 amide bonds. The molecule has 0 bridgehead atoms. The van der Waals surface area contributed by atoms with Crippen LogP contribution in [0.25, 0.3) is 0 Å². The van der Waals surface area contributed by atoms with Crippen LogP contribution >= 0.6 is 0 Å². The number of carbonyl (C=O) groups is 2. The van der Waals surface area contributed by atoms with E-state index in [4.69, 9.17) is 4.74 Å². The average Bonchev–Trinajstić information content (AvgIpc) is 2.57. The van der Waals surface area contributed by atoms with Gasteiger partial charge in [0.1, 0.15) is 0 Å². The summed E-state index contributed by atoms with van der Waals surface area (Å²) in [5.41, 5.74) is 1.41. The molecule has 0 aromatic heterocycles. The minimum absolute atomic E-state index is 0.00318. The number of amides is 3. The van der Waals surface area contributed by atoms with E-state index in [1.54, 1.807) is 24.3 Å². The van der Waals surface area contributed by atoms with Crippen LogP contribution in [0.5, 0.6) is 0 Å². The molecule has 1 aromatic carbocycles. The van der Waals surface area contributed by atoms with Crippen molar-refractivity contribution in [2.45, 2.75) is 20.3 Å². The molecule has 1 aliphatic heterocycles. The molecule has 0 radical (unpaired) electrons. The van der Waals surface area contributed by atoms with Gasteiger partial charge in [-0.05, 0) is 30.2 Å². The molecule has 1 heterocycles. The number of urea groups is 1. The number of nitrogens with one attached hydrogen (secondary N) is 3. The van der Waals surface area contributed by atoms with Crippen molar-refractivity contribution in [1.29, 1.82) is 0 Å². The molecule has 0 aliphatic carbocycles. The van der Waals surface area contributed by atoms with E-state index in [0.717, 1.165) is 38.5 Å². The number of carbonyl (C=O) groups excluding carboxylic acids is 2. The maximum Gasteiger partial charge on any atom is 0.319 e. The summed E-state index contributed by atoms with van der Waals surface area (Å²) in [7, 11) is 0. The highest BCUT2D eigenvalue weighted by Gasteiger charge is 2.10. The first kappa shape index (κ1) is 19.2. The van der Waals surface area contributed by atoms with Crippen molar-refractivity contribution >= 4 is 23.3 Å². The lowest BCUT2D eigenvalue weighted by molar-refractivity contribution is -0.116. The van der Waals surface area contributed by atoms with E-state index in [1.807, 2.05) is 13.8 Å². The van der Waals surface area contributed by atoms with Gasteiger partial charge in [0, 0.05) is 44.0 Å².